The quantitative estimate of drug-likeness (QED) is 0.673. The van der Waals surface area contributed by atoms with Gasteiger partial charge in [0.15, 0.2) is 5.96 Å². The zero-order valence-electron chi connectivity index (χ0n) is 14.3. The van der Waals surface area contributed by atoms with Crippen molar-refractivity contribution in [3.63, 3.8) is 0 Å². The minimum Gasteiger partial charge on any atom is -0.364 e. The minimum atomic E-state index is 0.688. The number of aromatic nitrogens is 2. The number of aliphatic imine (C=N–C) groups is 1. The maximum atomic E-state index is 4.89. The average Bonchev–Trinajstić information content (AvgIpc) is 3.10. The predicted octanol–water partition coefficient (Wildman–Crippen LogP) is 1.27. The molecule has 0 radical (unpaired) electrons. The normalized spacial score (nSPS) is 16.4. The number of aryl methyl sites for hydroxylation is 1. The molecule has 1 aliphatic rings. The van der Waals surface area contributed by atoms with Gasteiger partial charge in [-0.2, -0.15) is 0 Å². The van der Waals surface area contributed by atoms with E-state index >= 15 is 0 Å². The van der Waals surface area contributed by atoms with Gasteiger partial charge in [0.05, 0.1) is 17.9 Å². The number of hydrogen-bond acceptors (Lipinski definition) is 5. The molecule has 1 fully saturated rings. The summed E-state index contributed by atoms with van der Waals surface area (Å²) in [7, 11) is 1.83. The van der Waals surface area contributed by atoms with Crippen LogP contribution in [0.15, 0.2) is 40.0 Å². The first-order valence-corrected chi connectivity index (χ1v) is 8.24. The Hall–Kier alpha value is -2.41. The second-order valence-corrected chi connectivity index (χ2v) is 5.93. The molecule has 0 aromatic carbocycles. The molecule has 7 heteroatoms. The van der Waals surface area contributed by atoms with Crippen molar-refractivity contribution in [1.82, 2.24) is 25.3 Å². The summed E-state index contributed by atoms with van der Waals surface area (Å²) in [4.78, 5) is 13.6. The van der Waals surface area contributed by atoms with E-state index in [4.69, 9.17) is 4.52 Å². The van der Waals surface area contributed by atoms with Crippen LogP contribution in [0.5, 0.6) is 0 Å². The molecule has 0 bridgehead atoms. The smallest absolute Gasteiger partial charge is 0.194 e. The molecule has 24 heavy (non-hydrogen) atoms. The second-order valence-electron chi connectivity index (χ2n) is 5.93. The highest BCUT2D eigenvalue weighted by Gasteiger charge is 2.20. The van der Waals surface area contributed by atoms with Crippen molar-refractivity contribution in [2.45, 2.75) is 20.0 Å². The Kier molecular flexibility index (Phi) is 5.43. The fraction of sp³-hybridized carbons (Fsp3) is 0.471. The lowest BCUT2D eigenvalue weighted by atomic mass is 10.3. The van der Waals surface area contributed by atoms with Crippen molar-refractivity contribution in [1.29, 1.82) is 0 Å². The molecule has 1 saturated heterocycles. The topological polar surface area (TPSA) is 69.8 Å². The summed E-state index contributed by atoms with van der Waals surface area (Å²) in [6, 6.07) is 7.99. The molecular weight excluding hydrogens is 304 g/mol. The van der Waals surface area contributed by atoms with Crippen molar-refractivity contribution in [2.24, 2.45) is 4.99 Å². The highest BCUT2D eigenvalue weighted by Crippen LogP contribution is 2.07. The van der Waals surface area contributed by atoms with Crippen LogP contribution in [0.2, 0.25) is 0 Å². The van der Waals surface area contributed by atoms with Crippen LogP contribution in [0, 0.1) is 6.92 Å². The van der Waals surface area contributed by atoms with Gasteiger partial charge in [-0.1, -0.05) is 11.2 Å². The van der Waals surface area contributed by atoms with Crippen LogP contribution in [0.3, 0.4) is 0 Å². The Morgan fingerprint density at radius 3 is 2.71 bits per heavy atom. The number of rotatable bonds is 4. The summed E-state index contributed by atoms with van der Waals surface area (Å²) in [5.41, 5.74) is 3.04. The van der Waals surface area contributed by atoms with Crippen LogP contribution in [-0.4, -0.2) is 59.1 Å². The SMILES string of the molecule is CN=C(NCc1cccc(C)n1)N1CCN(Cc2ccon2)CC1. The number of nitrogens with zero attached hydrogens (tertiary/aromatic N) is 5. The van der Waals surface area contributed by atoms with Crippen LogP contribution in [0.1, 0.15) is 17.1 Å². The van der Waals surface area contributed by atoms with E-state index in [-0.39, 0.29) is 0 Å². The Bertz CT molecular complexity index is 661. The van der Waals surface area contributed by atoms with E-state index < -0.39 is 0 Å². The Balaban J connectivity index is 1.48. The Morgan fingerprint density at radius 1 is 1.21 bits per heavy atom. The second kappa shape index (κ2) is 7.92. The molecule has 3 rings (SSSR count). The standard InChI is InChI=1S/C17H24N6O/c1-14-4-3-5-15(20-14)12-19-17(18-2)23-9-7-22(8-10-23)13-16-6-11-24-21-16/h3-6,11H,7-10,12-13H2,1-2H3,(H,18,19). The molecule has 7 nitrogen and oxygen atoms in total. The molecule has 0 unspecified atom stereocenters. The largest absolute Gasteiger partial charge is 0.364 e. The monoisotopic (exact) mass is 328 g/mol. The summed E-state index contributed by atoms with van der Waals surface area (Å²) in [5, 5.41) is 7.39. The van der Waals surface area contributed by atoms with Gasteiger partial charge in [0.2, 0.25) is 0 Å². The van der Waals surface area contributed by atoms with Crippen molar-refractivity contribution >= 4 is 5.96 Å². The molecular formula is C17H24N6O. The minimum absolute atomic E-state index is 0.688. The lowest BCUT2D eigenvalue weighted by molar-refractivity contribution is 0.169. The molecule has 2 aromatic heterocycles. The molecule has 1 aliphatic heterocycles. The van der Waals surface area contributed by atoms with Crippen molar-refractivity contribution < 1.29 is 4.52 Å². The highest BCUT2D eigenvalue weighted by molar-refractivity contribution is 5.79. The summed E-state index contributed by atoms with van der Waals surface area (Å²) in [6.07, 6.45) is 1.62. The summed E-state index contributed by atoms with van der Waals surface area (Å²) in [5.74, 6) is 0.930. The first-order valence-electron chi connectivity index (χ1n) is 8.24. The molecule has 128 valence electrons. The van der Waals surface area contributed by atoms with E-state index in [1.54, 1.807) is 6.26 Å². The summed E-state index contributed by atoms with van der Waals surface area (Å²) < 4.78 is 4.89. The van der Waals surface area contributed by atoms with Gasteiger partial charge in [0.1, 0.15) is 6.26 Å². The third-order valence-corrected chi connectivity index (χ3v) is 4.13. The van der Waals surface area contributed by atoms with Gasteiger partial charge in [-0.25, -0.2) is 0 Å². The molecule has 3 heterocycles. The first-order chi connectivity index (χ1) is 11.7. The van der Waals surface area contributed by atoms with Crippen molar-refractivity contribution in [2.75, 3.05) is 33.2 Å². The van der Waals surface area contributed by atoms with E-state index in [0.29, 0.717) is 6.54 Å². The lowest BCUT2D eigenvalue weighted by Crippen LogP contribution is -2.52. The predicted molar refractivity (Wildman–Crippen MR) is 92.5 cm³/mol. The molecule has 0 saturated carbocycles. The van der Waals surface area contributed by atoms with Gasteiger partial charge in [0, 0.05) is 51.5 Å². The first kappa shape index (κ1) is 16.4. The van der Waals surface area contributed by atoms with Gasteiger partial charge in [-0.15, -0.1) is 0 Å². The van der Waals surface area contributed by atoms with E-state index in [2.05, 4.69) is 30.2 Å². The van der Waals surface area contributed by atoms with Crippen LogP contribution >= 0.6 is 0 Å². The van der Waals surface area contributed by atoms with E-state index in [0.717, 1.165) is 55.8 Å². The number of piperazine rings is 1. The number of nitrogens with one attached hydrogen (secondary N) is 1. The zero-order chi connectivity index (χ0) is 16.8. The van der Waals surface area contributed by atoms with Crippen molar-refractivity contribution in [3.05, 3.63) is 47.6 Å². The van der Waals surface area contributed by atoms with E-state index in [1.807, 2.05) is 38.2 Å². The van der Waals surface area contributed by atoms with Gasteiger partial charge in [0.25, 0.3) is 0 Å². The van der Waals surface area contributed by atoms with E-state index in [1.165, 1.54) is 0 Å². The lowest BCUT2D eigenvalue weighted by Gasteiger charge is -2.36. The van der Waals surface area contributed by atoms with Gasteiger partial charge < -0.3 is 14.7 Å². The fourth-order valence-corrected chi connectivity index (χ4v) is 2.87. The van der Waals surface area contributed by atoms with Crippen LogP contribution in [0.4, 0.5) is 0 Å². The third kappa shape index (κ3) is 4.32. The average molecular weight is 328 g/mol. The Labute approximate surface area is 142 Å². The third-order valence-electron chi connectivity index (χ3n) is 4.13. The summed E-state index contributed by atoms with van der Waals surface area (Å²) in [6.45, 7) is 7.38. The van der Waals surface area contributed by atoms with Crippen LogP contribution in [-0.2, 0) is 13.1 Å². The molecule has 0 amide bonds. The van der Waals surface area contributed by atoms with Crippen LogP contribution in [0.25, 0.3) is 0 Å². The van der Waals surface area contributed by atoms with E-state index in [9.17, 15) is 0 Å². The summed E-state index contributed by atoms with van der Waals surface area (Å²) >= 11 is 0. The van der Waals surface area contributed by atoms with Crippen molar-refractivity contribution in [3.8, 4) is 0 Å². The number of hydrogen-bond donors (Lipinski definition) is 1. The zero-order valence-corrected chi connectivity index (χ0v) is 14.3. The maximum absolute atomic E-state index is 4.89. The van der Waals surface area contributed by atoms with Gasteiger partial charge in [-0.05, 0) is 19.1 Å². The fourth-order valence-electron chi connectivity index (χ4n) is 2.87. The molecule has 0 aliphatic carbocycles. The maximum Gasteiger partial charge on any atom is 0.194 e. The Morgan fingerprint density at radius 2 is 2.04 bits per heavy atom. The molecule has 0 spiro atoms. The molecule has 2 aromatic rings. The molecule has 0 atom stereocenters. The number of pyridine rings is 1. The van der Waals surface area contributed by atoms with Gasteiger partial charge in [-0.3, -0.25) is 14.9 Å². The highest BCUT2D eigenvalue weighted by atomic mass is 16.5. The molecule has 1 N–H and O–H groups in total. The van der Waals surface area contributed by atoms with Gasteiger partial charge >= 0.3 is 0 Å². The van der Waals surface area contributed by atoms with Crippen LogP contribution < -0.4 is 5.32 Å². The number of guanidine groups is 1.